The highest BCUT2D eigenvalue weighted by Gasteiger charge is 2.52. The molecule has 1 aliphatic heterocycles. The van der Waals surface area contributed by atoms with Gasteiger partial charge < -0.3 is 20.5 Å². The minimum atomic E-state index is -4.88. The van der Waals surface area contributed by atoms with Crippen LogP contribution in [0.1, 0.15) is 28.0 Å². The van der Waals surface area contributed by atoms with E-state index in [1.54, 1.807) is 0 Å². The van der Waals surface area contributed by atoms with Crippen molar-refractivity contribution in [3.63, 3.8) is 0 Å². The first-order valence-corrected chi connectivity index (χ1v) is 9.12. The van der Waals surface area contributed by atoms with Crippen molar-refractivity contribution in [2.75, 3.05) is 19.1 Å². The number of methoxy groups -OCH3 is 1. The molecule has 0 saturated carbocycles. The third-order valence-electron chi connectivity index (χ3n) is 4.78. The summed E-state index contributed by atoms with van der Waals surface area (Å²) in [5.74, 6) is -1.56. The number of hydrogen-bond donors (Lipinski definition) is 2. The number of amides is 1. The molecule has 32 heavy (non-hydrogen) atoms. The number of halogens is 5. The molecule has 2 heterocycles. The lowest BCUT2D eigenvalue weighted by Crippen LogP contribution is -2.48. The largest absolute Gasteiger partial charge is 0.480 e. The molecule has 3 N–H and O–H groups in total. The quantitative estimate of drug-likeness (QED) is 0.665. The van der Waals surface area contributed by atoms with Crippen LogP contribution >= 0.6 is 0 Å². The van der Waals surface area contributed by atoms with Crippen molar-refractivity contribution in [2.24, 2.45) is 10.7 Å². The lowest BCUT2D eigenvalue weighted by atomic mass is 9.83. The number of aliphatic imine (C=N–C) groups is 1. The van der Waals surface area contributed by atoms with E-state index >= 15 is 0 Å². The second-order valence-corrected chi connectivity index (χ2v) is 7.02. The predicted molar refractivity (Wildman–Crippen MR) is 102 cm³/mol. The zero-order valence-electron chi connectivity index (χ0n) is 16.8. The molecule has 2 atom stereocenters. The van der Waals surface area contributed by atoms with Gasteiger partial charge in [0.1, 0.15) is 23.7 Å². The Kier molecular flexibility index (Phi) is 6.19. The number of nitrogens with two attached hydrogens (primary N) is 1. The first kappa shape index (κ1) is 23.2. The second-order valence-electron chi connectivity index (χ2n) is 7.02. The van der Waals surface area contributed by atoms with Crippen LogP contribution < -0.4 is 15.8 Å². The highest BCUT2D eigenvalue weighted by atomic mass is 19.4. The zero-order chi connectivity index (χ0) is 23.7. The standard InChI is InChI=1S/C19H18F5N5O3/c1-9-3-10(28-16(30)12-6-27-14(31-2)7-26-12)4-11(15(9)21)18(8-20)5-13(19(22,23)24)32-17(25)29-18/h3-4,6-7,13H,5,8H2,1-2H3,(H2,25,29)(H,28,30)/t13-,18+/m0/s1. The molecule has 8 nitrogen and oxygen atoms in total. The molecule has 0 unspecified atom stereocenters. The molecule has 0 aliphatic carbocycles. The summed E-state index contributed by atoms with van der Waals surface area (Å²) in [6, 6.07) is 1.32. The van der Waals surface area contributed by atoms with Crippen molar-refractivity contribution in [1.82, 2.24) is 9.97 Å². The molecule has 0 saturated heterocycles. The van der Waals surface area contributed by atoms with Crippen LogP contribution in [0.4, 0.5) is 27.6 Å². The number of aromatic nitrogens is 2. The van der Waals surface area contributed by atoms with Gasteiger partial charge in [0, 0.05) is 17.7 Å². The van der Waals surface area contributed by atoms with Gasteiger partial charge in [-0.05, 0) is 24.6 Å². The monoisotopic (exact) mass is 459 g/mol. The number of rotatable bonds is 5. The fraction of sp³-hybridized carbons (Fsp3) is 0.368. The first-order chi connectivity index (χ1) is 15.0. The van der Waals surface area contributed by atoms with E-state index in [1.807, 2.05) is 0 Å². The summed E-state index contributed by atoms with van der Waals surface area (Å²) in [7, 11) is 1.36. The Morgan fingerprint density at radius 1 is 1.34 bits per heavy atom. The van der Waals surface area contributed by atoms with E-state index < -0.39 is 54.2 Å². The van der Waals surface area contributed by atoms with E-state index in [0.717, 1.165) is 12.3 Å². The van der Waals surface area contributed by atoms with E-state index in [2.05, 4.69) is 25.0 Å². The van der Waals surface area contributed by atoms with E-state index in [9.17, 15) is 26.7 Å². The molecule has 0 bridgehead atoms. The fourth-order valence-electron chi connectivity index (χ4n) is 3.20. The van der Waals surface area contributed by atoms with Crippen LogP contribution in [0, 0.1) is 12.7 Å². The van der Waals surface area contributed by atoms with Gasteiger partial charge in [-0.2, -0.15) is 13.2 Å². The highest BCUT2D eigenvalue weighted by molar-refractivity contribution is 6.02. The molecule has 3 rings (SSSR count). The number of nitrogens with zero attached hydrogens (tertiary/aromatic N) is 3. The number of amidine groups is 1. The van der Waals surface area contributed by atoms with Crippen LogP contribution in [0.5, 0.6) is 5.88 Å². The second kappa shape index (κ2) is 8.55. The number of carbonyl (C=O) groups excluding carboxylic acids is 1. The van der Waals surface area contributed by atoms with Crippen molar-refractivity contribution >= 4 is 17.6 Å². The van der Waals surface area contributed by atoms with Crippen LogP contribution in [0.2, 0.25) is 0 Å². The predicted octanol–water partition coefficient (Wildman–Crippen LogP) is 3.02. The van der Waals surface area contributed by atoms with Gasteiger partial charge in [0.05, 0.1) is 19.5 Å². The number of alkyl halides is 4. The first-order valence-electron chi connectivity index (χ1n) is 9.12. The number of aryl methyl sites for hydroxylation is 1. The van der Waals surface area contributed by atoms with Crippen LogP contribution in [-0.2, 0) is 10.3 Å². The number of hydrogen-bond acceptors (Lipinski definition) is 7. The SMILES string of the molecule is COc1cnc(C(=O)Nc2cc(C)c(F)c([C@]3(CF)C[C@@H](C(F)(F)F)OC(N)=N3)c2)cn1. The van der Waals surface area contributed by atoms with E-state index in [1.165, 1.54) is 26.3 Å². The Balaban J connectivity index is 1.99. The molecule has 1 aromatic heterocycles. The lowest BCUT2D eigenvalue weighted by molar-refractivity contribution is -0.209. The third kappa shape index (κ3) is 4.55. The normalized spacial score (nSPS) is 20.8. The molecule has 172 valence electrons. The van der Waals surface area contributed by atoms with Crippen LogP contribution in [0.3, 0.4) is 0 Å². The van der Waals surface area contributed by atoms with Gasteiger partial charge in [-0.3, -0.25) is 4.79 Å². The summed E-state index contributed by atoms with van der Waals surface area (Å²) in [5, 5.41) is 2.43. The van der Waals surface area contributed by atoms with Gasteiger partial charge in [0.25, 0.3) is 11.9 Å². The van der Waals surface area contributed by atoms with Crippen molar-refractivity contribution in [1.29, 1.82) is 0 Å². The van der Waals surface area contributed by atoms with Gasteiger partial charge in [0.2, 0.25) is 5.88 Å². The maximum atomic E-state index is 14.9. The fourth-order valence-corrected chi connectivity index (χ4v) is 3.20. The molecule has 1 amide bonds. The summed E-state index contributed by atoms with van der Waals surface area (Å²) < 4.78 is 78.2. The Morgan fingerprint density at radius 2 is 2.06 bits per heavy atom. The zero-order valence-corrected chi connectivity index (χ0v) is 16.8. The summed E-state index contributed by atoms with van der Waals surface area (Å²) in [4.78, 5) is 23.8. The Bertz CT molecular complexity index is 1040. The number of nitrogens with one attached hydrogen (secondary N) is 1. The van der Waals surface area contributed by atoms with Gasteiger partial charge in [-0.15, -0.1) is 0 Å². The van der Waals surface area contributed by atoms with Crippen molar-refractivity contribution in [2.45, 2.75) is 31.2 Å². The summed E-state index contributed by atoms with van der Waals surface area (Å²) in [6.07, 6.45) is -6.07. The van der Waals surface area contributed by atoms with Crippen molar-refractivity contribution < 1.29 is 36.2 Å². The number of carbonyl (C=O) groups is 1. The smallest absolute Gasteiger partial charge is 0.425 e. The van der Waals surface area contributed by atoms with Crippen LogP contribution in [-0.4, -0.2) is 48.0 Å². The topological polar surface area (TPSA) is 112 Å². The van der Waals surface area contributed by atoms with E-state index in [4.69, 9.17) is 10.5 Å². The van der Waals surface area contributed by atoms with Gasteiger partial charge in [-0.1, -0.05) is 0 Å². The summed E-state index contributed by atoms with van der Waals surface area (Å²) >= 11 is 0. The molecular weight excluding hydrogens is 441 g/mol. The van der Waals surface area contributed by atoms with Gasteiger partial charge >= 0.3 is 6.18 Å². The van der Waals surface area contributed by atoms with Crippen LogP contribution in [0.25, 0.3) is 0 Å². The Morgan fingerprint density at radius 3 is 2.62 bits per heavy atom. The Hall–Kier alpha value is -3.51. The van der Waals surface area contributed by atoms with Crippen molar-refractivity contribution in [3.05, 3.63) is 47.2 Å². The molecular formula is C19H18F5N5O3. The average Bonchev–Trinajstić information content (AvgIpc) is 2.75. The van der Waals surface area contributed by atoms with Crippen molar-refractivity contribution in [3.8, 4) is 5.88 Å². The molecule has 1 aliphatic rings. The maximum Gasteiger partial charge on any atom is 0.425 e. The van der Waals surface area contributed by atoms with Gasteiger partial charge in [-0.25, -0.2) is 23.7 Å². The number of benzene rings is 1. The summed E-state index contributed by atoms with van der Waals surface area (Å²) in [6.45, 7) is -0.178. The molecule has 0 spiro atoms. The molecule has 0 fully saturated rings. The molecule has 0 radical (unpaired) electrons. The summed E-state index contributed by atoms with van der Waals surface area (Å²) in [5.41, 5.74) is 2.38. The average molecular weight is 459 g/mol. The third-order valence-corrected chi connectivity index (χ3v) is 4.78. The number of anilines is 1. The maximum absolute atomic E-state index is 14.9. The molecule has 1 aromatic carbocycles. The van der Waals surface area contributed by atoms with E-state index in [0.29, 0.717) is 0 Å². The minimum Gasteiger partial charge on any atom is -0.480 e. The molecule has 2 aromatic rings. The minimum absolute atomic E-state index is 0.0156. The van der Waals surface area contributed by atoms with Crippen LogP contribution in [0.15, 0.2) is 29.5 Å². The molecule has 13 heteroatoms. The number of ether oxygens (including phenoxy) is 2. The Labute approximate surface area is 178 Å². The lowest BCUT2D eigenvalue weighted by Gasteiger charge is -2.37. The highest BCUT2D eigenvalue weighted by Crippen LogP contribution is 2.42. The van der Waals surface area contributed by atoms with E-state index in [-0.39, 0.29) is 22.8 Å². The van der Waals surface area contributed by atoms with Gasteiger partial charge in [0.15, 0.2) is 6.10 Å².